The fraction of sp³-hybridized carbons (Fsp3) is 0.700. The van der Waals surface area contributed by atoms with E-state index in [0.717, 1.165) is 6.54 Å². The molecule has 76 valence electrons. The fourth-order valence-electron chi connectivity index (χ4n) is 0.990. The smallest absolute Gasteiger partial charge is 0.332 e. The van der Waals surface area contributed by atoms with E-state index in [4.69, 9.17) is 4.74 Å². The number of ether oxygens (including phenoxy) is 1. The lowest BCUT2D eigenvalue weighted by Crippen LogP contribution is -2.25. The van der Waals surface area contributed by atoms with E-state index in [9.17, 15) is 4.79 Å². The van der Waals surface area contributed by atoms with Gasteiger partial charge in [-0.05, 0) is 27.7 Å². The minimum atomic E-state index is -0.276. The van der Waals surface area contributed by atoms with Crippen LogP contribution in [0, 0.1) is 0 Å². The molecule has 0 N–H and O–H groups in total. The lowest BCUT2D eigenvalue weighted by molar-refractivity contribution is -0.137. The molecule has 0 aromatic heterocycles. The number of carbonyl (C=O) groups excluding carboxylic acids is 1. The first-order valence-electron chi connectivity index (χ1n) is 4.72. The molecule has 0 atom stereocenters. The third-order valence-electron chi connectivity index (χ3n) is 1.72. The maximum absolute atomic E-state index is 11.0. The van der Waals surface area contributed by atoms with Gasteiger partial charge in [-0.1, -0.05) is 0 Å². The Morgan fingerprint density at radius 1 is 1.46 bits per heavy atom. The molecule has 0 fully saturated rings. The molecule has 0 heterocycles. The minimum absolute atomic E-state index is 0.276. The van der Waals surface area contributed by atoms with E-state index in [1.165, 1.54) is 6.08 Å². The summed E-state index contributed by atoms with van der Waals surface area (Å²) in [6, 6.07) is 0.413. The van der Waals surface area contributed by atoms with Crippen molar-refractivity contribution in [3.63, 3.8) is 0 Å². The van der Waals surface area contributed by atoms with Gasteiger partial charge in [0.1, 0.15) is 0 Å². The van der Waals surface area contributed by atoms with E-state index in [1.807, 2.05) is 0 Å². The van der Waals surface area contributed by atoms with Gasteiger partial charge in [0.05, 0.1) is 6.61 Å². The first-order valence-corrected chi connectivity index (χ1v) is 4.72. The number of carbonyl (C=O) groups is 1. The number of hydrogen-bond donors (Lipinski definition) is 0. The Morgan fingerprint density at radius 3 is 2.46 bits per heavy atom. The highest BCUT2D eigenvalue weighted by atomic mass is 16.5. The molecule has 13 heavy (non-hydrogen) atoms. The standard InChI is InChI=1S/C10H19NO2/c1-5-11(9(3)4)8-7-10(12)13-6-2/h7-9H,5-6H2,1-4H3. The van der Waals surface area contributed by atoms with Crippen molar-refractivity contribution in [2.24, 2.45) is 0 Å². The van der Waals surface area contributed by atoms with Crippen molar-refractivity contribution in [1.29, 1.82) is 0 Å². The van der Waals surface area contributed by atoms with Gasteiger partial charge in [-0.25, -0.2) is 4.79 Å². The van der Waals surface area contributed by atoms with Crippen LogP contribution in [0.3, 0.4) is 0 Å². The first kappa shape index (κ1) is 12.0. The van der Waals surface area contributed by atoms with Gasteiger partial charge in [-0.3, -0.25) is 0 Å². The number of esters is 1. The van der Waals surface area contributed by atoms with Gasteiger partial charge in [0.25, 0.3) is 0 Å². The largest absolute Gasteiger partial charge is 0.463 e. The molecule has 0 saturated carbocycles. The number of nitrogens with zero attached hydrogens (tertiary/aromatic N) is 1. The third-order valence-corrected chi connectivity index (χ3v) is 1.72. The summed E-state index contributed by atoms with van der Waals surface area (Å²) in [6.07, 6.45) is 3.25. The maximum atomic E-state index is 11.0. The summed E-state index contributed by atoms with van der Waals surface area (Å²) in [4.78, 5) is 13.0. The Hall–Kier alpha value is -0.990. The zero-order valence-corrected chi connectivity index (χ0v) is 8.91. The molecule has 0 radical (unpaired) electrons. The molecule has 0 rings (SSSR count). The predicted octanol–water partition coefficient (Wildman–Crippen LogP) is 1.79. The van der Waals surface area contributed by atoms with Crippen molar-refractivity contribution in [2.45, 2.75) is 33.7 Å². The molecule has 0 unspecified atom stereocenters. The van der Waals surface area contributed by atoms with Crippen LogP contribution in [0.15, 0.2) is 12.3 Å². The van der Waals surface area contributed by atoms with Gasteiger partial charge >= 0.3 is 5.97 Å². The van der Waals surface area contributed by atoms with Crippen LogP contribution in [0.5, 0.6) is 0 Å². The molecule has 0 saturated heterocycles. The molecule has 0 bridgehead atoms. The normalized spacial score (nSPS) is 10.8. The Kier molecular flexibility index (Phi) is 6.02. The van der Waals surface area contributed by atoms with Crippen LogP contribution in [0.4, 0.5) is 0 Å². The first-order chi connectivity index (χ1) is 6.11. The molecule has 0 aromatic rings. The van der Waals surface area contributed by atoms with E-state index in [2.05, 4.69) is 25.7 Å². The van der Waals surface area contributed by atoms with Crippen molar-refractivity contribution < 1.29 is 9.53 Å². The monoisotopic (exact) mass is 185 g/mol. The summed E-state index contributed by atoms with van der Waals surface area (Å²) in [6.45, 7) is 9.34. The zero-order valence-electron chi connectivity index (χ0n) is 8.91. The summed E-state index contributed by atoms with van der Waals surface area (Å²) < 4.78 is 4.76. The quantitative estimate of drug-likeness (QED) is 0.483. The van der Waals surface area contributed by atoms with Crippen molar-refractivity contribution in [2.75, 3.05) is 13.2 Å². The summed E-state index contributed by atoms with van der Waals surface area (Å²) >= 11 is 0. The zero-order chi connectivity index (χ0) is 10.3. The summed E-state index contributed by atoms with van der Waals surface area (Å²) in [5.41, 5.74) is 0. The Bertz CT molecular complexity index is 176. The van der Waals surface area contributed by atoms with E-state index in [-0.39, 0.29) is 5.97 Å². The van der Waals surface area contributed by atoms with E-state index >= 15 is 0 Å². The second-order valence-corrected chi connectivity index (χ2v) is 2.99. The lowest BCUT2D eigenvalue weighted by Gasteiger charge is -2.22. The average molecular weight is 185 g/mol. The van der Waals surface area contributed by atoms with Gasteiger partial charge in [0, 0.05) is 24.9 Å². The van der Waals surface area contributed by atoms with E-state index in [0.29, 0.717) is 12.6 Å². The van der Waals surface area contributed by atoms with Crippen LogP contribution in [0.1, 0.15) is 27.7 Å². The highest BCUT2D eigenvalue weighted by Crippen LogP contribution is 1.98. The number of rotatable bonds is 5. The third kappa shape index (κ3) is 5.28. The second-order valence-electron chi connectivity index (χ2n) is 2.99. The minimum Gasteiger partial charge on any atom is -0.463 e. The molecular formula is C10H19NO2. The van der Waals surface area contributed by atoms with Crippen LogP contribution in [-0.4, -0.2) is 30.1 Å². The van der Waals surface area contributed by atoms with Gasteiger partial charge in [0.2, 0.25) is 0 Å². The molecule has 0 aliphatic heterocycles. The Balaban J connectivity index is 3.99. The van der Waals surface area contributed by atoms with Gasteiger partial charge < -0.3 is 9.64 Å². The average Bonchev–Trinajstić information content (AvgIpc) is 2.05. The van der Waals surface area contributed by atoms with Crippen LogP contribution < -0.4 is 0 Å². The van der Waals surface area contributed by atoms with Crippen LogP contribution >= 0.6 is 0 Å². The highest BCUT2D eigenvalue weighted by Gasteiger charge is 2.01. The van der Waals surface area contributed by atoms with Crippen LogP contribution in [0.2, 0.25) is 0 Å². The molecule has 3 heteroatoms. The molecule has 3 nitrogen and oxygen atoms in total. The molecule has 0 amide bonds. The summed E-state index contributed by atoms with van der Waals surface area (Å²) in [5.74, 6) is -0.276. The van der Waals surface area contributed by atoms with Crippen molar-refractivity contribution in [1.82, 2.24) is 4.90 Å². The maximum Gasteiger partial charge on any atom is 0.332 e. The Morgan fingerprint density at radius 2 is 2.08 bits per heavy atom. The fourth-order valence-corrected chi connectivity index (χ4v) is 0.990. The summed E-state index contributed by atoms with van der Waals surface area (Å²) in [7, 11) is 0. The molecular weight excluding hydrogens is 166 g/mol. The van der Waals surface area contributed by atoms with Crippen molar-refractivity contribution in [3.05, 3.63) is 12.3 Å². The van der Waals surface area contributed by atoms with E-state index < -0.39 is 0 Å². The van der Waals surface area contributed by atoms with Crippen LogP contribution in [0.25, 0.3) is 0 Å². The number of hydrogen-bond acceptors (Lipinski definition) is 3. The molecule has 0 aliphatic rings. The van der Waals surface area contributed by atoms with Crippen LogP contribution in [-0.2, 0) is 9.53 Å². The predicted molar refractivity (Wildman–Crippen MR) is 53.3 cm³/mol. The molecule has 0 aromatic carbocycles. The van der Waals surface area contributed by atoms with Gasteiger partial charge in [0.15, 0.2) is 0 Å². The highest BCUT2D eigenvalue weighted by molar-refractivity contribution is 5.81. The Labute approximate surface area is 80.4 Å². The van der Waals surface area contributed by atoms with Gasteiger partial charge in [-0.15, -0.1) is 0 Å². The van der Waals surface area contributed by atoms with Crippen molar-refractivity contribution >= 4 is 5.97 Å². The molecule has 0 spiro atoms. The topological polar surface area (TPSA) is 29.5 Å². The second kappa shape index (κ2) is 6.52. The SMILES string of the molecule is CCOC(=O)C=CN(CC)C(C)C. The van der Waals surface area contributed by atoms with E-state index in [1.54, 1.807) is 13.1 Å². The van der Waals surface area contributed by atoms with Gasteiger partial charge in [-0.2, -0.15) is 0 Å². The summed E-state index contributed by atoms with van der Waals surface area (Å²) in [5, 5.41) is 0. The molecule has 0 aliphatic carbocycles. The lowest BCUT2D eigenvalue weighted by atomic mass is 10.3. The van der Waals surface area contributed by atoms with Crippen molar-refractivity contribution in [3.8, 4) is 0 Å².